The van der Waals surface area contributed by atoms with Crippen LogP contribution in [-0.4, -0.2) is 57.2 Å². The Morgan fingerprint density at radius 2 is 2.07 bits per heavy atom. The van der Waals surface area contributed by atoms with Crippen LogP contribution in [0.2, 0.25) is 5.02 Å². The van der Waals surface area contributed by atoms with Crippen LogP contribution in [0.4, 0.5) is 5.69 Å². The van der Waals surface area contributed by atoms with Crippen molar-refractivity contribution in [2.75, 3.05) is 25.0 Å². The highest BCUT2D eigenvalue weighted by Gasteiger charge is 2.43. The van der Waals surface area contributed by atoms with Gasteiger partial charge in [0.05, 0.1) is 5.02 Å². The molecular formula is C22H23ClN6O. The van der Waals surface area contributed by atoms with Gasteiger partial charge < -0.3 is 9.80 Å². The van der Waals surface area contributed by atoms with Crippen molar-refractivity contribution in [3.05, 3.63) is 58.6 Å². The number of amides is 1. The van der Waals surface area contributed by atoms with Gasteiger partial charge in [-0.3, -0.25) is 4.79 Å². The van der Waals surface area contributed by atoms with E-state index in [1.54, 1.807) is 6.07 Å². The van der Waals surface area contributed by atoms with Gasteiger partial charge in [0.1, 0.15) is 6.54 Å². The predicted octanol–water partition coefficient (Wildman–Crippen LogP) is 3.14. The second kappa shape index (κ2) is 7.49. The van der Waals surface area contributed by atoms with Gasteiger partial charge in [0.2, 0.25) is 5.82 Å². The van der Waals surface area contributed by atoms with Gasteiger partial charge in [-0.15, -0.1) is 10.2 Å². The quantitative estimate of drug-likeness (QED) is 0.648. The second-order valence-corrected chi connectivity index (χ2v) is 8.58. The third-order valence-corrected chi connectivity index (χ3v) is 6.40. The molecule has 2 aliphatic rings. The van der Waals surface area contributed by atoms with Crippen LogP contribution < -0.4 is 4.90 Å². The molecule has 2 aromatic carbocycles. The fourth-order valence-electron chi connectivity index (χ4n) is 4.66. The molecule has 2 aliphatic heterocycles. The first-order valence-electron chi connectivity index (χ1n) is 10.1. The van der Waals surface area contributed by atoms with Gasteiger partial charge in [0, 0.05) is 29.8 Å². The van der Waals surface area contributed by atoms with Crippen LogP contribution in [0.3, 0.4) is 0 Å². The first-order chi connectivity index (χ1) is 14.5. The first-order valence-corrected chi connectivity index (χ1v) is 10.5. The first kappa shape index (κ1) is 19.2. The Kier molecular flexibility index (Phi) is 4.79. The Labute approximate surface area is 180 Å². The molecule has 0 saturated carbocycles. The summed E-state index contributed by atoms with van der Waals surface area (Å²) < 4.78 is 0. The van der Waals surface area contributed by atoms with Crippen LogP contribution in [-0.2, 0) is 11.3 Å². The molecule has 3 heterocycles. The summed E-state index contributed by atoms with van der Waals surface area (Å²) >= 11 is 6.24. The van der Waals surface area contributed by atoms with Crippen molar-refractivity contribution in [3.63, 3.8) is 0 Å². The van der Waals surface area contributed by atoms with E-state index in [1.165, 1.54) is 15.9 Å². The molecule has 8 heteroatoms. The normalized spacial score (nSPS) is 20.8. The van der Waals surface area contributed by atoms with E-state index < -0.39 is 0 Å². The number of aryl methyl sites for hydroxylation is 1. The molecule has 1 aromatic heterocycles. The Bertz CT molecular complexity index is 1110. The highest BCUT2D eigenvalue weighted by Crippen LogP contribution is 2.45. The molecule has 0 radical (unpaired) electrons. The number of nitrogens with zero attached hydrogens (tertiary/aromatic N) is 6. The number of hydrogen-bond acceptors (Lipinski definition) is 5. The standard InChI is InChI=1S/C22H23ClN6O/c1-14-7-8-19-16(11-14)17-12-27(2)10-9-20(17)29(19)21(30)13-28-25-22(24-26-28)15-5-3-4-6-18(15)23/h3-8,11,17,20H,9-10,12-13H2,1-2H3/t17-,20+/m1/s1. The molecule has 1 saturated heterocycles. The Balaban J connectivity index is 1.42. The number of anilines is 1. The molecule has 0 unspecified atom stereocenters. The van der Waals surface area contributed by atoms with Crippen molar-refractivity contribution in [1.82, 2.24) is 25.1 Å². The molecule has 1 amide bonds. The molecule has 0 bridgehead atoms. The highest BCUT2D eigenvalue weighted by atomic mass is 35.5. The van der Waals surface area contributed by atoms with Crippen molar-refractivity contribution >= 4 is 23.2 Å². The smallest absolute Gasteiger partial charge is 0.250 e. The van der Waals surface area contributed by atoms with E-state index >= 15 is 0 Å². The molecule has 7 nitrogen and oxygen atoms in total. The minimum absolute atomic E-state index is 0.0136. The predicted molar refractivity (Wildman–Crippen MR) is 116 cm³/mol. The summed E-state index contributed by atoms with van der Waals surface area (Å²) in [6.07, 6.45) is 0.955. The molecule has 0 N–H and O–H groups in total. The maximum atomic E-state index is 13.4. The summed E-state index contributed by atoms with van der Waals surface area (Å²) in [5.74, 6) is 0.744. The summed E-state index contributed by atoms with van der Waals surface area (Å²) in [5, 5.41) is 13.1. The zero-order valence-electron chi connectivity index (χ0n) is 17.0. The van der Waals surface area contributed by atoms with Gasteiger partial charge >= 0.3 is 0 Å². The fourth-order valence-corrected chi connectivity index (χ4v) is 4.88. The second-order valence-electron chi connectivity index (χ2n) is 8.17. The number of carbonyl (C=O) groups excluding carboxylic acids is 1. The molecule has 1 fully saturated rings. The highest BCUT2D eigenvalue weighted by molar-refractivity contribution is 6.33. The van der Waals surface area contributed by atoms with Crippen molar-refractivity contribution < 1.29 is 4.79 Å². The van der Waals surface area contributed by atoms with Gasteiger partial charge in [-0.1, -0.05) is 41.4 Å². The van der Waals surface area contributed by atoms with Crippen LogP contribution in [0, 0.1) is 6.92 Å². The van der Waals surface area contributed by atoms with Crippen LogP contribution in [0.1, 0.15) is 23.5 Å². The zero-order valence-corrected chi connectivity index (χ0v) is 17.8. The summed E-state index contributed by atoms with van der Waals surface area (Å²) in [6, 6.07) is 13.9. The van der Waals surface area contributed by atoms with Crippen LogP contribution in [0.15, 0.2) is 42.5 Å². The van der Waals surface area contributed by atoms with E-state index in [2.05, 4.69) is 52.5 Å². The average molecular weight is 423 g/mol. The molecule has 154 valence electrons. The largest absolute Gasteiger partial charge is 0.307 e. The topological polar surface area (TPSA) is 67.2 Å². The Morgan fingerprint density at radius 3 is 2.90 bits per heavy atom. The van der Waals surface area contributed by atoms with Crippen LogP contribution >= 0.6 is 11.6 Å². The number of rotatable bonds is 3. The van der Waals surface area contributed by atoms with Gasteiger partial charge in [-0.25, -0.2) is 0 Å². The van der Waals surface area contributed by atoms with E-state index in [-0.39, 0.29) is 18.5 Å². The van der Waals surface area contributed by atoms with Crippen LogP contribution in [0.5, 0.6) is 0 Å². The third-order valence-electron chi connectivity index (χ3n) is 6.07. The number of aromatic nitrogens is 4. The van der Waals surface area contributed by atoms with E-state index in [4.69, 9.17) is 11.6 Å². The van der Waals surface area contributed by atoms with Crippen molar-refractivity contribution in [2.45, 2.75) is 31.8 Å². The zero-order chi connectivity index (χ0) is 20.8. The summed E-state index contributed by atoms with van der Waals surface area (Å²) in [4.78, 5) is 19.0. The van der Waals surface area contributed by atoms with Gasteiger partial charge in [0.15, 0.2) is 0 Å². The number of halogens is 1. The Morgan fingerprint density at radius 1 is 1.23 bits per heavy atom. The van der Waals surface area contributed by atoms with Crippen molar-refractivity contribution in [3.8, 4) is 11.4 Å². The number of fused-ring (bicyclic) bond motifs is 3. The van der Waals surface area contributed by atoms with Gasteiger partial charge in [-0.05, 0) is 55.9 Å². The molecule has 5 rings (SSSR count). The lowest BCUT2D eigenvalue weighted by atomic mass is 9.89. The lowest BCUT2D eigenvalue weighted by Crippen LogP contribution is -2.48. The molecule has 0 spiro atoms. The minimum atomic E-state index is -0.0136. The fraction of sp³-hybridized carbons (Fsp3) is 0.364. The lowest BCUT2D eigenvalue weighted by Gasteiger charge is -2.36. The number of likely N-dealkylation sites (N-methyl/N-ethyl adjacent to an activating group) is 1. The van der Waals surface area contributed by atoms with Crippen molar-refractivity contribution in [1.29, 1.82) is 0 Å². The number of likely N-dealkylation sites (tertiary alicyclic amines) is 1. The average Bonchev–Trinajstić information content (AvgIpc) is 3.30. The Hall–Kier alpha value is -2.77. The van der Waals surface area contributed by atoms with E-state index in [0.717, 1.165) is 25.2 Å². The maximum Gasteiger partial charge on any atom is 0.250 e. The lowest BCUT2D eigenvalue weighted by molar-refractivity contribution is -0.120. The maximum absolute atomic E-state index is 13.4. The SMILES string of the molecule is Cc1ccc2c(c1)[C@H]1CN(C)CC[C@@H]1N2C(=O)Cn1nnc(-c2ccccc2Cl)n1. The molecule has 0 aliphatic carbocycles. The molecule has 3 aromatic rings. The summed E-state index contributed by atoms with van der Waals surface area (Å²) in [7, 11) is 2.14. The van der Waals surface area contributed by atoms with Gasteiger partial charge in [0.25, 0.3) is 5.91 Å². The molecule has 2 atom stereocenters. The number of tetrazole rings is 1. The molecule has 30 heavy (non-hydrogen) atoms. The molecular weight excluding hydrogens is 400 g/mol. The summed E-state index contributed by atoms with van der Waals surface area (Å²) in [6.45, 7) is 4.09. The van der Waals surface area contributed by atoms with Crippen molar-refractivity contribution in [2.24, 2.45) is 0 Å². The number of carbonyl (C=O) groups is 1. The number of hydrogen-bond donors (Lipinski definition) is 0. The number of benzene rings is 2. The van der Waals surface area contributed by atoms with E-state index in [0.29, 0.717) is 22.3 Å². The van der Waals surface area contributed by atoms with E-state index in [9.17, 15) is 4.79 Å². The van der Waals surface area contributed by atoms with E-state index in [1.807, 2.05) is 23.1 Å². The third kappa shape index (κ3) is 3.28. The van der Waals surface area contributed by atoms with Crippen LogP contribution in [0.25, 0.3) is 11.4 Å². The van der Waals surface area contributed by atoms with Gasteiger partial charge in [-0.2, -0.15) is 4.80 Å². The summed E-state index contributed by atoms with van der Waals surface area (Å²) in [5.41, 5.74) is 4.21. The monoisotopic (exact) mass is 422 g/mol. The number of piperidine rings is 1. The minimum Gasteiger partial charge on any atom is -0.307 e.